The van der Waals surface area contributed by atoms with Gasteiger partial charge in [-0.25, -0.2) is 4.79 Å². The molecule has 0 aliphatic rings. The van der Waals surface area contributed by atoms with Crippen molar-refractivity contribution in [1.82, 2.24) is 10.5 Å². The molecule has 2 rings (SSSR count). The van der Waals surface area contributed by atoms with E-state index in [9.17, 15) is 4.79 Å². The van der Waals surface area contributed by atoms with Crippen molar-refractivity contribution in [2.75, 3.05) is 6.54 Å². The van der Waals surface area contributed by atoms with Crippen molar-refractivity contribution in [3.05, 3.63) is 34.0 Å². The fraction of sp³-hybridized carbons (Fsp3) is 0.677. The molecule has 1 amide bonds. The molecular formula is C31H48Cl2N2O3. The van der Waals surface area contributed by atoms with Gasteiger partial charge in [-0.1, -0.05) is 145 Å². The Bertz CT molecular complexity index is 896. The molecule has 0 fully saturated rings. The van der Waals surface area contributed by atoms with Gasteiger partial charge in [0.05, 0.1) is 10.0 Å². The normalized spacial score (nSPS) is 11.2. The van der Waals surface area contributed by atoms with Gasteiger partial charge in [-0.05, 0) is 25.0 Å². The van der Waals surface area contributed by atoms with E-state index in [1.807, 2.05) is 6.92 Å². The first-order valence-electron chi connectivity index (χ1n) is 15.0. The van der Waals surface area contributed by atoms with Crippen LogP contribution in [0.15, 0.2) is 22.7 Å². The minimum absolute atomic E-state index is 0.284. The Kier molecular flexibility index (Phi) is 17.3. The second kappa shape index (κ2) is 20.2. The van der Waals surface area contributed by atoms with Crippen molar-refractivity contribution in [3.63, 3.8) is 0 Å². The zero-order valence-corrected chi connectivity index (χ0v) is 25.1. The van der Waals surface area contributed by atoms with Gasteiger partial charge in [-0.2, -0.15) is 0 Å². The summed E-state index contributed by atoms with van der Waals surface area (Å²) in [7, 11) is 0. The summed E-state index contributed by atoms with van der Waals surface area (Å²) in [6.45, 7) is 4.87. The summed E-state index contributed by atoms with van der Waals surface area (Å²) >= 11 is 12.7. The fourth-order valence-corrected chi connectivity index (χ4v) is 5.26. The number of carbonyl (C=O) groups excluding carboxylic acids is 1. The molecule has 7 heteroatoms. The molecule has 214 valence electrons. The van der Waals surface area contributed by atoms with E-state index in [1.54, 1.807) is 18.2 Å². The predicted octanol–water partition coefficient (Wildman–Crippen LogP) is 11.0. The van der Waals surface area contributed by atoms with Crippen LogP contribution in [0.1, 0.15) is 129 Å². The topological polar surface area (TPSA) is 64.4 Å². The Morgan fingerprint density at radius 2 is 1.29 bits per heavy atom. The predicted molar refractivity (Wildman–Crippen MR) is 160 cm³/mol. The van der Waals surface area contributed by atoms with Crippen LogP contribution in [0.5, 0.6) is 5.75 Å². The standard InChI is InChI=1S/C31H48Cl2N2O3/c1-3-5-6-7-8-9-10-11-12-13-14-15-16-17-18-19-24-34-31(36)37-30-27(21-4-2)38-35-29(30)28-25(32)22-20-23-26(28)33/h20,22-23H,3-19,21,24H2,1-2H3,(H,34,36). The van der Waals surface area contributed by atoms with Crippen molar-refractivity contribution in [3.8, 4) is 17.0 Å². The molecule has 38 heavy (non-hydrogen) atoms. The van der Waals surface area contributed by atoms with Gasteiger partial charge in [0.15, 0.2) is 11.5 Å². The number of ether oxygens (including phenoxy) is 1. The zero-order valence-electron chi connectivity index (χ0n) is 23.6. The Hall–Kier alpha value is -1.72. The van der Waals surface area contributed by atoms with Crippen molar-refractivity contribution in [2.24, 2.45) is 0 Å². The third-order valence-electron chi connectivity index (χ3n) is 6.89. The first-order valence-corrected chi connectivity index (χ1v) is 15.7. The number of aryl methyl sites for hydroxylation is 1. The summed E-state index contributed by atoms with van der Waals surface area (Å²) in [5.41, 5.74) is 0.851. The number of unbranched alkanes of at least 4 members (excludes halogenated alkanes) is 15. The van der Waals surface area contributed by atoms with Crippen LogP contribution in [0.3, 0.4) is 0 Å². The summed E-state index contributed by atoms with van der Waals surface area (Å²) in [5, 5.41) is 7.81. The number of benzene rings is 1. The van der Waals surface area contributed by atoms with E-state index in [-0.39, 0.29) is 5.75 Å². The molecule has 0 aliphatic heterocycles. The van der Waals surface area contributed by atoms with Gasteiger partial charge in [0.1, 0.15) is 0 Å². The van der Waals surface area contributed by atoms with E-state index in [2.05, 4.69) is 17.4 Å². The third kappa shape index (κ3) is 12.4. The van der Waals surface area contributed by atoms with E-state index in [0.29, 0.717) is 40.0 Å². The Balaban J connectivity index is 1.57. The molecule has 2 aromatic rings. The van der Waals surface area contributed by atoms with Gasteiger partial charge in [0.2, 0.25) is 5.75 Å². The van der Waals surface area contributed by atoms with Crippen LogP contribution in [0.2, 0.25) is 10.0 Å². The summed E-state index contributed by atoms with van der Waals surface area (Å²) in [5.74, 6) is 0.794. The lowest BCUT2D eigenvalue weighted by Crippen LogP contribution is -2.28. The molecule has 1 aromatic heterocycles. The first kappa shape index (κ1) is 32.5. The van der Waals surface area contributed by atoms with Crippen molar-refractivity contribution < 1.29 is 14.1 Å². The molecule has 1 N–H and O–H groups in total. The van der Waals surface area contributed by atoms with Crippen LogP contribution in [0.25, 0.3) is 11.3 Å². The van der Waals surface area contributed by atoms with Crippen molar-refractivity contribution in [1.29, 1.82) is 0 Å². The van der Waals surface area contributed by atoms with Crippen LogP contribution in [-0.2, 0) is 6.42 Å². The second-order valence-electron chi connectivity index (χ2n) is 10.2. The van der Waals surface area contributed by atoms with Crippen molar-refractivity contribution in [2.45, 2.75) is 129 Å². The maximum absolute atomic E-state index is 12.5. The van der Waals surface area contributed by atoms with Crippen LogP contribution in [0.4, 0.5) is 4.79 Å². The molecule has 0 radical (unpaired) electrons. The third-order valence-corrected chi connectivity index (χ3v) is 7.52. The molecule has 1 aromatic carbocycles. The highest BCUT2D eigenvalue weighted by Crippen LogP contribution is 2.41. The van der Waals surface area contributed by atoms with Crippen LogP contribution in [0, 0.1) is 0 Å². The van der Waals surface area contributed by atoms with Crippen LogP contribution in [-0.4, -0.2) is 17.8 Å². The smallest absolute Gasteiger partial charge is 0.404 e. The number of halogens is 2. The van der Waals surface area contributed by atoms with E-state index >= 15 is 0 Å². The van der Waals surface area contributed by atoms with E-state index in [0.717, 1.165) is 19.3 Å². The minimum Gasteiger partial charge on any atom is -0.404 e. The van der Waals surface area contributed by atoms with Gasteiger partial charge >= 0.3 is 6.09 Å². The number of nitrogens with zero attached hydrogens (tertiary/aromatic N) is 1. The number of amides is 1. The Morgan fingerprint density at radius 1 is 0.789 bits per heavy atom. The van der Waals surface area contributed by atoms with Gasteiger partial charge < -0.3 is 14.6 Å². The molecule has 0 spiro atoms. The summed E-state index contributed by atoms with van der Waals surface area (Å²) in [4.78, 5) is 12.5. The van der Waals surface area contributed by atoms with Gasteiger partial charge in [0.25, 0.3) is 0 Å². The molecule has 0 unspecified atom stereocenters. The number of hydrogen-bond acceptors (Lipinski definition) is 4. The highest BCUT2D eigenvalue weighted by atomic mass is 35.5. The second-order valence-corrected chi connectivity index (χ2v) is 11.1. The maximum Gasteiger partial charge on any atom is 0.412 e. The van der Waals surface area contributed by atoms with Crippen LogP contribution >= 0.6 is 23.2 Å². The SMILES string of the molecule is CCCCCCCCCCCCCCCCCCNC(=O)Oc1c(-c2c(Cl)cccc2Cl)noc1CCC. The van der Waals surface area contributed by atoms with Crippen LogP contribution < -0.4 is 10.1 Å². The first-order chi connectivity index (χ1) is 18.6. The number of rotatable bonds is 21. The monoisotopic (exact) mass is 566 g/mol. The molecule has 0 saturated carbocycles. The number of nitrogens with one attached hydrogen (secondary N) is 1. The fourth-order valence-electron chi connectivity index (χ4n) is 4.68. The van der Waals surface area contributed by atoms with E-state index < -0.39 is 6.09 Å². The highest BCUT2D eigenvalue weighted by molar-refractivity contribution is 6.39. The molecule has 0 aliphatic carbocycles. The Labute approximate surface area is 240 Å². The highest BCUT2D eigenvalue weighted by Gasteiger charge is 2.24. The number of aromatic nitrogens is 1. The largest absolute Gasteiger partial charge is 0.412 e. The van der Waals surface area contributed by atoms with Gasteiger partial charge in [-0.3, -0.25) is 0 Å². The number of carbonyl (C=O) groups is 1. The van der Waals surface area contributed by atoms with Gasteiger partial charge in [-0.15, -0.1) is 0 Å². The molecule has 0 atom stereocenters. The molecule has 1 heterocycles. The molecule has 0 bridgehead atoms. The lowest BCUT2D eigenvalue weighted by Gasteiger charge is -2.09. The molecular weight excluding hydrogens is 519 g/mol. The summed E-state index contributed by atoms with van der Waals surface area (Å²) in [6.07, 6.45) is 22.0. The summed E-state index contributed by atoms with van der Waals surface area (Å²) < 4.78 is 11.1. The lowest BCUT2D eigenvalue weighted by molar-refractivity contribution is 0.199. The van der Waals surface area contributed by atoms with E-state index in [4.69, 9.17) is 32.5 Å². The minimum atomic E-state index is -0.518. The molecule has 0 saturated heterocycles. The average molecular weight is 568 g/mol. The summed E-state index contributed by atoms with van der Waals surface area (Å²) in [6, 6.07) is 5.20. The lowest BCUT2D eigenvalue weighted by atomic mass is 10.0. The van der Waals surface area contributed by atoms with E-state index in [1.165, 1.54) is 89.9 Å². The quantitative estimate of drug-likeness (QED) is 0.152. The van der Waals surface area contributed by atoms with Gasteiger partial charge in [0, 0.05) is 18.5 Å². The Morgan fingerprint density at radius 3 is 1.79 bits per heavy atom. The zero-order chi connectivity index (χ0) is 27.4. The number of hydrogen-bond donors (Lipinski definition) is 1. The maximum atomic E-state index is 12.5. The average Bonchev–Trinajstić information content (AvgIpc) is 3.27. The van der Waals surface area contributed by atoms with Crippen molar-refractivity contribution >= 4 is 29.3 Å². The molecule has 5 nitrogen and oxygen atoms in total.